The zero-order valence-corrected chi connectivity index (χ0v) is 8.68. The van der Waals surface area contributed by atoms with E-state index in [1.165, 1.54) is 36.0 Å². The maximum atomic E-state index is 12.7. The van der Waals surface area contributed by atoms with Crippen LogP contribution in [0.15, 0.2) is 24.3 Å². The second-order valence-corrected chi connectivity index (χ2v) is 4.58. The van der Waals surface area contributed by atoms with Crippen molar-refractivity contribution in [2.75, 3.05) is 12.3 Å². The Bertz CT molecular complexity index is 374. The van der Waals surface area contributed by atoms with Gasteiger partial charge in [-0.05, 0) is 17.7 Å². The minimum absolute atomic E-state index is 0.359. The van der Waals surface area contributed by atoms with Crippen molar-refractivity contribution in [1.29, 1.82) is 0 Å². The third-order valence-electron chi connectivity index (χ3n) is 2.35. The quantitative estimate of drug-likeness (QED) is 0.801. The van der Waals surface area contributed by atoms with Crippen molar-refractivity contribution in [1.82, 2.24) is 5.32 Å². The first-order valence-corrected chi connectivity index (χ1v) is 5.52. The van der Waals surface area contributed by atoms with Crippen LogP contribution in [-0.4, -0.2) is 23.4 Å². The molecular weight excluding hydrogens is 217 g/mol. The van der Waals surface area contributed by atoms with Gasteiger partial charge in [0.15, 0.2) is 4.87 Å². The van der Waals surface area contributed by atoms with E-state index >= 15 is 0 Å². The molecule has 1 aliphatic heterocycles. The van der Waals surface area contributed by atoms with Gasteiger partial charge in [-0.1, -0.05) is 12.1 Å². The Morgan fingerprint density at radius 2 is 2.13 bits per heavy atom. The Kier molecular flexibility index (Phi) is 2.67. The van der Waals surface area contributed by atoms with Gasteiger partial charge in [0.1, 0.15) is 5.82 Å². The Morgan fingerprint density at radius 3 is 2.60 bits per heavy atom. The summed E-state index contributed by atoms with van der Waals surface area (Å²) in [6.07, 6.45) is 0. The van der Waals surface area contributed by atoms with Gasteiger partial charge in [0.05, 0.1) is 0 Å². The summed E-state index contributed by atoms with van der Waals surface area (Å²) in [5, 5.41) is 12.2. The summed E-state index contributed by atoms with van der Waals surface area (Å²) in [4.78, 5) is 10.1. The fourth-order valence-corrected chi connectivity index (χ4v) is 2.75. The van der Waals surface area contributed by atoms with E-state index in [1.807, 2.05) is 0 Å². The average molecular weight is 227 g/mol. The summed E-state index contributed by atoms with van der Waals surface area (Å²) >= 11 is 1.32. The summed E-state index contributed by atoms with van der Waals surface area (Å²) in [5.41, 5.74) is 0.582. The monoisotopic (exact) mass is 227 g/mol. The number of aliphatic carboxylic acids is 1. The molecule has 1 aliphatic rings. The van der Waals surface area contributed by atoms with Crippen LogP contribution >= 0.6 is 11.8 Å². The molecule has 15 heavy (non-hydrogen) atoms. The predicted octanol–water partition coefficient (Wildman–Crippen LogP) is 1.40. The molecular formula is C10H10FNO2S. The van der Waals surface area contributed by atoms with Gasteiger partial charge in [0, 0.05) is 12.3 Å². The van der Waals surface area contributed by atoms with Gasteiger partial charge in [0.2, 0.25) is 0 Å². The molecule has 1 aromatic rings. The predicted molar refractivity (Wildman–Crippen MR) is 56.2 cm³/mol. The fourth-order valence-electron chi connectivity index (χ4n) is 1.61. The molecule has 0 spiro atoms. The lowest BCUT2D eigenvalue weighted by atomic mass is 10.1. The van der Waals surface area contributed by atoms with Crippen LogP contribution in [0.5, 0.6) is 0 Å². The second kappa shape index (κ2) is 3.83. The highest BCUT2D eigenvalue weighted by molar-refractivity contribution is 8.01. The number of thioether (sulfide) groups is 1. The van der Waals surface area contributed by atoms with Crippen molar-refractivity contribution in [2.24, 2.45) is 0 Å². The van der Waals surface area contributed by atoms with E-state index in [4.69, 9.17) is 0 Å². The normalized spacial score (nSPS) is 25.4. The second-order valence-electron chi connectivity index (χ2n) is 3.27. The zero-order chi connectivity index (χ0) is 10.9. The van der Waals surface area contributed by atoms with E-state index in [0.717, 1.165) is 5.75 Å². The standard InChI is InChI=1S/C10H10FNO2S/c11-8-3-1-7(2-4-8)10(9(13)14)12-5-6-15-10/h1-4,12H,5-6H2,(H,13,14). The van der Waals surface area contributed by atoms with Crippen LogP contribution in [0.4, 0.5) is 4.39 Å². The van der Waals surface area contributed by atoms with Crippen molar-refractivity contribution in [2.45, 2.75) is 4.87 Å². The molecule has 0 bridgehead atoms. The van der Waals surface area contributed by atoms with Crippen molar-refractivity contribution in [3.63, 3.8) is 0 Å². The number of benzene rings is 1. The van der Waals surface area contributed by atoms with Crippen molar-refractivity contribution >= 4 is 17.7 Å². The fraction of sp³-hybridized carbons (Fsp3) is 0.300. The van der Waals surface area contributed by atoms with Crippen LogP contribution in [0.25, 0.3) is 0 Å². The number of carboxylic acids is 1. The summed E-state index contributed by atoms with van der Waals surface area (Å²) < 4.78 is 12.7. The van der Waals surface area contributed by atoms with Gasteiger partial charge in [-0.15, -0.1) is 11.8 Å². The van der Waals surface area contributed by atoms with Gasteiger partial charge in [-0.2, -0.15) is 0 Å². The van der Waals surface area contributed by atoms with E-state index in [9.17, 15) is 14.3 Å². The molecule has 80 valence electrons. The van der Waals surface area contributed by atoms with Crippen LogP contribution < -0.4 is 5.32 Å². The lowest BCUT2D eigenvalue weighted by molar-refractivity contribution is -0.140. The summed E-state index contributed by atoms with van der Waals surface area (Å²) in [6.45, 7) is 0.647. The van der Waals surface area contributed by atoms with Gasteiger partial charge in [-0.3, -0.25) is 5.32 Å². The zero-order valence-electron chi connectivity index (χ0n) is 7.87. The van der Waals surface area contributed by atoms with Crippen molar-refractivity contribution in [3.8, 4) is 0 Å². The summed E-state index contributed by atoms with van der Waals surface area (Å²) in [7, 11) is 0. The molecule has 1 heterocycles. The molecule has 1 unspecified atom stereocenters. The van der Waals surface area contributed by atoms with Crippen molar-refractivity contribution < 1.29 is 14.3 Å². The van der Waals surface area contributed by atoms with Gasteiger partial charge >= 0.3 is 5.97 Å². The minimum atomic E-state index is -1.10. The molecule has 0 amide bonds. The van der Waals surface area contributed by atoms with E-state index in [2.05, 4.69) is 5.32 Å². The van der Waals surface area contributed by atoms with Gasteiger partial charge in [-0.25, -0.2) is 9.18 Å². The summed E-state index contributed by atoms with van der Waals surface area (Å²) in [5.74, 6) is -0.553. The smallest absolute Gasteiger partial charge is 0.339 e. The number of carboxylic acid groups (broad SMARTS) is 1. The van der Waals surface area contributed by atoms with E-state index in [-0.39, 0.29) is 5.82 Å². The number of hydrogen-bond acceptors (Lipinski definition) is 3. The van der Waals surface area contributed by atoms with Crippen LogP contribution in [-0.2, 0) is 9.67 Å². The van der Waals surface area contributed by atoms with Crippen LogP contribution in [0, 0.1) is 5.82 Å². The highest BCUT2D eigenvalue weighted by atomic mass is 32.2. The lowest BCUT2D eigenvalue weighted by Crippen LogP contribution is -2.42. The average Bonchev–Trinajstić information content (AvgIpc) is 2.69. The SMILES string of the molecule is O=C(O)C1(c2ccc(F)cc2)NCCS1. The number of nitrogens with one attached hydrogen (secondary N) is 1. The minimum Gasteiger partial charge on any atom is -0.479 e. The molecule has 1 saturated heterocycles. The Hall–Kier alpha value is -1.07. The first-order valence-electron chi connectivity index (χ1n) is 4.53. The molecule has 2 rings (SSSR count). The van der Waals surface area contributed by atoms with E-state index in [1.54, 1.807) is 0 Å². The number of hydrogen-bond donors (Lipinski definition) is 2. The van der Waals surface area contributed by atoms with Crippen LogP contribution in [0.2, 0.25) is 0 Å². The topological polar surface area (TPSA) is 49.3 Å². The molecule has 3 nitrogen and oxygen atoms in total. The van der Waals surface area contributed by atoms with Gasteiger partial charge in [0.25, 0.3) is 0 Å². The first kappa shape index (κ1) is 10.4. The molecule has 0 aliphatic carbocycles. The highest BCUT2D eigenvalue weighted by Crippen LogP contribution is 2.37. The van der Waals surface area contributed by atoms with Crippen molar-refractivity contribution in [3.05, 3.63) is 35.6 Å². The number of carbonyl (C=O) groups is 1. The van der Waals surface area contributed by atoms with Crippen LogP contribution in [0.3, 0.4) is 0 Å². The largest absolute Gasteiger partial charge is 0.479 e. The Morgan fingerprint density at radius 1 is 1.47 bits per heavy atom. The lowest BCUT2D eigenvalue weighted by Gasteiger charge is -2.23. The molecule has 1 aromatic carbocycles. The summed E-state index contributed by atoms with van der Waals surface area (Å²) in [6, 6.07) is 5.57. The number of halogens is 1. The molecule has 1 atom stereocenters. The molecule has 0 saturated carbocycles. The number of rotatable bonds is 2. The molecule has 5 heteroatoms. The van der Waals surface area contributed by atoms with Gasteiger partial charge < -0.3 is 5.11 Å². The Labute approximate surface area is 90.7 Å². The highest BCUT2D eigenvalue weighted by Gasteiger charge is 2.43. The molecule has 0 radical (unpaired) electrons. The van der Waals surface area contributed by atoms with E-state index in [0.29, 0.717) is 12.1 Å². The maximum absolute atomic E-state index is 12.7. The molecule has 2 N–H and O–H groups in total. The third-order valence-corrected chi connectivity index (χ3v) is 3.74. The molecule has 1 fully saturated rings. The first-order chi connectivity index (χ1) is 7.15. The third kappa shape index (κ3) is 1.72. The maximum Gasteiger partial charge on any atom is 0.339 e. The van der Waals surface area contributed by atoms with Crippen LogP contribution in [0.1, 0.15) is 5.56 Å². The Balaban J connectivity index is 2.41. The van der Waals surface area contributed by atoms with E-state index < -0.39 is 10.8 Å². The molecule has 0 aromatic heterocycles.